The average molecular weight is 376 g/mol. The van der Waals surface area contributed by atoms with E-state index in [1.165, 1.54) is 0 Å². The van der Waals surface area contributed by atoms with Gasteiger partial charge in [-0.1, -0.05) is 35.5 Å². The molecule has 1 amide bonds. The minimum Gasteiger partial charge on any atom is -0.497 e. The van der Waals surface area contributed by atoms with Crippen LogP contribution in [0.2, 0.25) is 0 Å². The highest BCUT2D eigenvalue weighted by molar-refractivity contribution is 5.82. The summed E-state index contributed by atoms with van der Waals surface area (Å²) in [5, 5.41) is 7.87. The quantitative estimate of drug-likeness (QED) is 0.528. The lowest BCUT2D eigenvalue weighted by molar-refractivity contribution is -0.120. The molecule has 142 valence electrons. The number of benzene rings is 2. The van der Waals surface area contributed by atoms with Gasteiger partial charge in [0.2, 0.25) is 11.7 Å². The molecule has 0 radical (unpaired) electrons. The van der Waals surface area contributed by atoms with Crippen LogP contribution in [-0.4, -0.2) is 24.7 Å². The summed E-state index contributed by atoms with van der Waals surface area (Å²) in [6.07, 6.45) is 0.883. The number of nitrogens with one attached hydrogen (secondary N) is 1. The van der Waals surface area contributed by atoms with Crippen LogP contribution in [0.25, 0.3) is 22.5 Å². The molecule has 0 atom stereocenters. The third-order valence-electron chi connectivity index (χ3n) is 4.44. The monoisotopic (exact) mass is 376 g/mol. The predicted molar refractivity (Wildman–Crippen MR) is 105 cm³/mol. The van der Waals surface area contributed by atoms with Crippen LogP contribution < -0.4 is 10.1 Å². The summed E-state index contributed by atoms with van der Waals surface area (Å²) in [7, 11) is 1.64. The predicted octanol–water partition coefficient (Wildman–Crippen LogP) is 4.00. The SMILES string of the molecule is COc1cccc(CCNC(=O)Cc2cc(-c3cc4ccccc4o3)on2)c1. The minimum absolute atomic E-state index is 0.104. The van der Waals surface area contributed by atoms with E-state index >= 15 is 0 Å². The fraction of sp³-hybridized carbons (Fsp3) is 0.182. The van der Waals surface area contributed by atoms with Gasteiger partial charge in [0, 0.05) is 18.0 Å². The van der Waals surface area contributed by atoms with Crippen molar-refractivity contribution in [3.05, 3.63) is 71.9 Å². The van der Waals surface area contributed by atoms with E-state index in [0.717, 1.165) is 28.7 Å². The Hall–Kier alpha value is -3.54. The van der Waals surface area contributed by atoms with E-state index in [-0.39, 0.29) is 12.3 Å². The molecule has 0 saturated heterocycles. The fourth-order valence-electron chi connectivity index (χ4n) is 3.02. The zero-order chi connectivity index (χ0) is 19.3. The number of fused-ring (bicyclic) bond motifs is 1. The lowest BCUT2D eigenvalue weighted by Crippen LogP contribution is -2.27. The zero-order valence-electron chi connectivity index (χ0n) is 15.5. The van der Waals surface area contributed by atoms with Gasteiger partial charge in [0.05, 0.1) is 19.2 Å². The van der Waals surface area contributed by atoms with Gasteiger partial charge in [-0.15, -0.1) is 0 Å². The number of aromatic nitrogens is 1. The first-order valence-electron chi connectivity index (χ1n) is 9.05. The van der Waals surface area contributed by atoms with E-state index < -0.39 is 0 Å². The first kappa shape index (κ1) is 17.9. The normalized spacial score (nSPS) is 10.9. The number of furan rings is 1. The Bertz CT molecular complexity index is 1060. The van der Waals surface area contributed by atoms with Gasteiger partial charge in [0.25, 0.3) is 0 Å². The molecule has 0 unspecified atom stereocenters. The molecule has 2 aromatic carbocycles. The van der Waals surface area contributed by atoms with Crippen molar-refractivity contribution in [3.63, 3.8) is 0 Å². The molecule has 0 aliphatic rings. The highest BCUT2D eigenvalue weighted by atomic mass is 16.5. The smallest absolute Gasteiger partial charge is 0.226 e. The van der Waals surface area contributed by atoms with Gasteiger partial charge in [-0.05, 0) is 36.2 Å². The Balaban J connectivity index is 1.32. The van der Waals surface area contributed by atoms with Crippen LogP contribution >= 0.6 is 0 Å². The molecule has 0 spiro atoms. The average Bonchev–Trinajstić information content (AvgIpc) is 3.34. The molecule has 28 heavy (non-hydrogen) atoms. The molecular weight excluding hydrogens is 356 g/mol. The Labute approximate surface area is 162 Å². The van der Waals surface area contributed by atoms with E-state index in [1.807, 2.05) is 54.6 Å². The molecule has 0 saturated carbocycles. The van der Waals surface area contributed by atoms with E-state index in [2.05, 4.69) is 10.5 Å². The second kappa shape index (κ2) is 8.00. The highest BCUT2D eigenvalue weighted by Gasteiger charge is 2.14. The minimum atomic E-state index is -0.104. The lowest BCUT2D eigenvalue weighted by Gasteiger charge is -2.06. The van der Waals surface area contributed by atoms with Crippen molar-refractivity contribution >= 4 is 16.9 Å². The number of para-hydroxylation sites is 1. The van der Waals surface area contributed by atoms with Gasteiger partial charge in [-0.2, -0.15) is 0 Å². The summed E-state index contributed by atoms with van der Waals surface area (Å²) in [6.45, 7) is 0.542. The molecule has 0 aliphatic heterocycles. The van der Waals surface area contributed by atoms with E-state index in [1.54, 1.807) is 13.2 Å². The third kappa shape index (κ3) is 4.06. The number of rotatable bonds is 7. The van der Waals surface area contributed by atoms with Crippen molar-refractivity contribution in [2.75, 3.05) is 13.7 Å². The molecule has 0 bridgehead atoms. The van der Waals surface area contributed by atoms with E-state index in [0.29, 0.717) is 23.8 Å². The lowest BCUT2D eigenvalue weighted by atomic mass is 10.1. The summed E-state index contributed by atoms with van der Waals surface area (Å²) >= 11 is 0. The van der Waals surface area contributed by atoms with Crippen LogP contribution in [0, 0.1) is 0 Å². The van der Waals surface area contributed by atoms with Gasteiger partial charge in [-0.3, -0.25) is 4.79 Å². The molecule has 6 nitrogen and oxygen atoms in total. The summed E-state index contributed by atoms with van der Waals surface area (Å²) in [4.78, 5) is 12.2. The number of ether oxygens (including phenoxy) is 1. The standard InChI is InChI=1S/C22H20N2O4/c1-26-18-7-4-5-15(11-18)9-10-23-22(25)14-17-13-21(28-24-17)20-12-16-6-2-3-8-19(16)27-20/h2-8,11-13H,9-10,14H2,1H3,(H,23,25). The Morgan fingerprint density at radius 1 is 1.07 bits per heavy atom. The van der Waals surface area contributed by atoms with E-state index in [4.69, 9.17) is 13.7 Å². The number of methoxy groups -OCH3 is 1. The van der Waals surface area contributed by atoms with Crippen molar-refractivity contribution < 1.29 is 18.5 Å². The van der Waals surface area contributed by atoms with Crippen LogP contribution in [-0.2, 0) is 17.6 Å². The molecule has 0 fully saturated rings. The second-order valence-electron chi connectivity index (χ2n) is 6.46. The summed E-state index contributed by atoms with van der Waals surface area (Å²) in [5.74, 6) is 1.81. The molecule has 4 rings (SSSR count). The molecule has 4 aromatic rings. The number of hydrogen-bond donors (Lipinski definition) is 1. The zero-order valence-corrected chi connectivity index (χ0v) is 15.5. The topological polar surface area (TPSA) is 77.5 Å². The van der Waals surface area contributed by atoms with Crippen molar-refractivity contribution in [2.24, 2.45) is 0 Å². The first-order chi connectivity index (χ1) is 13.7. The number of nitrogens with zero attached hydrogens (tertiary/aromatic N) is 1. The van der Waals surface area contributed by atoms with Crippen LogP contribution in [0.3, 0.4) is 0 Å². The molecular formula is C22H20N2O4. The largest absolute Gasteiger partial charge is 0.497 e. The van der Waals surface area contributed by atoms with Gasteiger partial charge >= 0.3 is 0 Å². The Kier molecular flexibility index (Phi) is 5.10. The van der Waals surface area contributed by atoms with Crippen molar-refractivity contribution in [1.82, 2.24) is 10.5 Å². The highest BCUT2D eigenvalue weighted by Crippen LogP contribution is 2.28. The Morgan fingerprint density at radius 3 is 2.82 bits per heavy atom. The van der Waals surface area contributed by atoms with Gasteiger partial charge in [0.1, 0.15) is 11.3 Å². The molecule has 2 heterocycles. The number of carbonyl (C=O) groups excluding carboxylic acids is 1. The number of carbonyl (C=O) groups is 1. The molecule has 1 N–H and O–H groups in total. The molecule has 0 aliphatic carbocycles. The maximum atomic E-state index is 12.2. The first-order valence-corrected chi connectivity index (χ1v) is 9.05. The maximum Gasteiger partial charge on any atom is 0.226 e. The van der Waals surface area contributed by atoms with Crippen LogP contribution in [0.5, 0.6) is 5.75 Å². The van der Waals surface area contributed by atoms with Gasteiger partial charge in [-0.25, -0.2) is 0 Å². The second-order valence-corrected chi connectivity index (χ2v) is 6.46. The fourth-order valence-corrected chi connectivity index (χ4v) is 3.02. The van der Waals surface area contributed by atoms with Crippen LogP contribution in [0.4, 0.5) is 0 Å². The Morgan fingerprint density at radius 2 is 1.96 bits per heavy atom. The summed E-state index contributed by atoms with van der Waals surface area (Å²) in [6, 6.07) is 19.2. The van der Waals surface area contributed by atoms with Gasteiger partial charge < -0.3 is 19.0 Å². The van der Waals surface area contributed by atoms with Crippen LogP contribution in [0.1, 0.15) is 11.3 Å². The van der Waals surface area contributed by atoms with Crippen molar-refractivity contribution in [2.45, 2.75) is 12.8 Å². The van der Waals surface area contributed by atoms with Gasteiger partial charge in [0.15, 0.2) is 5.76 Å². The third-order valence-corrected chi connectivity index (χ3v) is 4.44. The maximum absolute atomic E-state index is 12.2. The van der Waals surface area contributed by atoms with Crippen molar-refractivity contribution in [1.29, 1.82) is 0 Å². The van der Waals surface area contributed by atoms with E-state index in [9.17, 15) is 4.79 Å². The molecule has 6 heteroatoms. The number of amides is 1. The summed E-state index contributed by atoms with van der Waals surface area (Å²) in [5.41, 5.74) is 2.45. The van der Waals surface area contributed by atoms with Crippen molar-refractivity contribution in [3.8, 4) is 17.3 Å². The molecule has 2 aromatic heterocycles. The summed E-state index contributed by atoms with van der Waals surface area (Å²) < 4.78 is 16.3. The number of hydrogen-bond acceptors (Lipinski definition) is 5. The van der Waals surface area contributed by atoms with Crippen LogP contribution in [0.15, 0.2) is 69.6 Å².